The molecule has 0 amide bonds. The van der Waals surface area contributed by atoms with Gasteiger partial charge in [0.05, 0.1) is 12.2 Å². The van der Waals surface area contributed by atoms with Gasteiger partial charge >= 0.3 is 0 Å². The smallest absolute Gasteiger partial charge is 0.228 e. The molecule has 0 radical (unpaired) electrons. The Morgan fingerprint density at radius 2 is 2.16 bits per heavy atom. The van der Waals surface area contributed by atoms with Gasteiger partial charge in [0.15, 0.2) is 0 Å². The molecule has 0 bridgehead atoms. The monoisotopic (exact) mass is 335 g/mol. The molecule has 1 aliphatic heterocycles. The van der Waals surface area contributed by atoms with Crippen LogP contribution in [0.25, 0.3) is 0 Å². The number of aromatic amines is 1. The van der Waals surface area contributed by atoms with Crippen molar-refractivity contribution in [1.82, 2.24) is 29.8 Å². The lowest BCUT2D eigenvalue weighted by Gasteiger charge is -2.14. The molecule has 3 aromatic heterocycles. The van der Waals surface area contributed by atoms with Crippen LogP contribution < -0.4 is 5.32 Å². The number of aryl methyl sites for hydroxylation is 1. The van der Waals surface area contributed by atoms with E-state index in [9.17, 15) is 0 Å². The van der Waals surface area contributed by atoms with Crippen LogP contribution in [0.4, 0.5) is 11.8 Å². The first-order valence-electron chi connectivity index (χ1n) is 8.49. The molecule has 2 N–H and O–H groups in total. The van der Waals surface area contributed by atoms with Crippen LogP contribution in [0, 0.1) is 6.92 Å². The molecule has 3 aromatic rings. The number of nitrogens with one attached hydrogen (secondary N) is 2. The second-order valence-corrected chi connectivity index (χ2v) is 6.41. The molecule has 25 heavy (non-hydrogen) atoms. The van der Waals surface area contributed by atoms with E-state index >= 15 is 0 Å². The number of likely N-dealkylation sites (tertiary alicyclic amines) is 1. The number of pyridine rings is 1. The lowest BCUT2D eigenvalue weighted by atomic mass is 10.1. The predicted octanol–water partition coefficient (Wildman–Crippen LogP) is 2.64. The van der Waals surface area contributed by atoms with Gasteiger partial charge in [0.2, 0.25) is 5.95 Å². The van der Waals surface area contributed by atoms with Gasteiger partial charge in [0.1, 0.15) is 11.6 Å². The van der Waals surface area contributed by atoms with Crippen LogP contribution in [0.15, 0.2) is 43.0 Å². The fourth-order valence-electron chi connectivity index (χ4n) is 3.13. The zero-order chi connectivity index (χ0) is 17.1. The van der Waals surface area contributed by atoms with Crippen LogP contribution in [0.3, 0.4) is 0 Å². The van der Waals surface area contributed by atoms with Crippen molar-refractivity contribution in [3.63, 3.8) is 0 Å². The molecule has 4 rings (SSSR count). The van der Waals surface area contributed by atoms with Crippen molar-refractivity contribution in [2.24, 2.45) is 0 Å². The fraction of sp³-hybridized carbons (Fsp3) is 0.333. The van der Waals surface area contributed by atoms with Crippen molar-refractivity contribution in [2.45, 2.75) is 25.8 Å². The summed E-state index contributed by atoms with van der Waals surface area (Å²) in [5, 5.41) is 3.18. The van der Waals surface area contributed by atoms with Crippen LogP contribution in [0.2, 0.25) is 0 Å². The summed E-state index contributed by atoms with van der Waals surface area (Å²) < 4.78 is 0. The molecule has 0 saturated carbocycles. The van der Waals surface area contributed by atoms with Crippen molar-refractivity contribution in [2.75, 3.05) is 18.4 Å². The largest absolute Gasteiger partial charge is 0.348 e. The molecule has 128 valence electrons. The molecule has 1 fully saturated rings. The molecule has 7 heteroatoms. The van der Waals surface area contributed by atoms with Crippen LogP contribution in [-0.2, 0) is 6.54 Å². The van der Waals surface area contributed by atoms with E-state index in [1.54, 1.807) is 6.20 Å². The van der Waals surface area contributed by atoms with Crippen molar-refractivity contribution in [3.8, 4) is 0 Å². The molecule has 0 aromatic carbocycles. The minimum absolute atomic E-state index is 0.421. The van der Waals surface area contributed by atoms with Crippen LogP contribution >= 0.6 is 0 Å². The second-order valence-electron chi connectivity index (χ2n) is 6.41. The minimum Gasteiger partial charge on any atom is -0.348 e. The fourth-order valence-corrected chi connectivity index (χ4v) is 3.13. The normalized spacial score (nSPS) is 17.7. The highest BCUT2D eigenvalue weighted by Crippen LogP contribution is 2.27. The Morgan fingerprint density at radius 1 is 1.20 bits per heavy atom. The molecule has 0 aliphatic carbocycles. The summed E-state index contributed by atoms with van der Waals surface area (Å²) in [6.07, 6.45) is 8.40. The molecular formula is C18H21N7. The molecule has 0 spiro atoms. The molecule has 7 nitrogen and oxygen atoms in total. The molecule has 1 aliphatic rings. The Balaban J connectivity index is 1.42. The Bertz CT molecular complexity index is 814. The van der Waals surface area contributed by atoms with E-state index in [0.717, 1.165) is 49.0 Å². The summed E-state index contributed by atoms with van der Waals surface area (Å²) in [4.78, 5) is 23.2. The highest BCUT2D eigenvalue weighted by atomic mass is 15.2. The number of hydrogen-bond acceptors (Lipinski definition) is 6. The molecule has 0 unspecified atom stereocenters. The maximum Gasteiger partial charge on any atom is 0.228 e. The Hall–Kier alpha value is -2.80. The summed E-state index contributed by atoms with van der Waals surface area (Å²) in [7, 11) is 0. The van der Waals surface area contributed by atoms with Gasteiger partial charge in [0.25, 0.3) is 0 Å². The average Bonchev–Trinajstić information content (AvgIpc) is 3.30. The molecular weight excluding hydrogens is 314 g/mol. The van der Waals surface area contributed by atoms with E-state index in [4.69, 9.17) is 4.98 Å². The van der Waals surface area contributed by atoms with Crippen LogP contribution in [-0.4, -0.2) is 42.9 Å². The van der Waals surface area contributed by atoms with Gasteiger partial charge in [-0.2, -0.15) is 0 Å². The molecule has 1 atom stereocenters. The number of hydrogen-bond donors (Lipinski definition) is 2. The highest BCUT2D eigenvalue weighted by molar-refractivity contribution is 5.47. The zero-order valence-corrected chi connectivity index (χ0v) is 14.2. The summed E-state index contributed by atoms with van der Waals surface area (Å²) in [6.45, 7) is 4.91. The first-order valence-corrected chi connectivity index (χ1v) is 8.49. The van der Waals surface area contributed by atoms with Gasteiger partial charge in [-0.1, -0.05) is 6.07 Å². The van der Waals surface area contributed by atoms with E-state index in [1.807, 2.05) is 43.7 Å². The van der Waals surface area contributed by atoms with Crippen molar-refractivity contribution >= 4 is 11.8 Å². The van der Waals surface area contributed by atoms with Gasteiger partial charge in [0, 0.05) is 37.3 Å². The van der Waals surface area contributed by atoms with E-state index < -0.39 is 0 Å². The number of imidazole rings is 1. The average molecular weight is 335 g/mol. The summed E-state index contributed by atoms with van der Waals surface area (Å²) in [5.74, 6) is 2.78. The van der Waals surface area contributed by atoms with E-state index in [1.165, 1.54) is 0 Å². The Kier molecular flexibility index (Phi) is 4.39. The number of nitrogens with zero attached hydrogens (tertiary/aromatic N) is 5. The lowest BCUT2D eigenvalue weighted by Crippen LogP contribution is -2.20. The van der Waals surface area contributed by atoms with Crippen molar-refractivity contribution in [3.05, 3.63) is 60.1 Å². The standard InChI is InChI=1S/C18H21N7/c1-13-2-3-16(22-10-13)24-18-21-6-4-15(23-18)14-5-9-25(11-14)12-17-19-7-8-20-17/h2-4,6-8,10,14H,5,9,11-12H2,1H3,(H,19,20)(H,21,22,23,24)/t14-/m1/s1. The third kappa shape index (κ3) is 3.83. The first-order chi connectivity index (χ1) is 12.3. The SMILES string of the molecule is Cc1ccc(Nc2nccc([C@@H]3CCN(Cc4ncc[nH]4)C3)n2)nc1. The van der Waals surface area contributed by atoms with Gasteiger partial charge in [-0.15, -0.1) is 0 Å². The topological polar surface area (TPSA) is 82.6 Å². The van der Waals surface area contributed by atoms with Crippen molar-refractivity contribution in [1.29, 1.82) is 0 Å². The quantitative estimate of drug-likeness (QED) is 0.746. The summed E-state index contributed by atoms with van der Waals surface area (Å²) >= 11 is 0. The van der Waals surface area contributed by atoms with E-state index in [-0.39, 0.29) is 0 Å². The molecule has 1 saturated heterocycles. The first kappa shape index (κ1) is 15.7. The molecule has 4 heterocycles. The number of rotatable bonds is 5. The second kappa shape index (κ2) is 6.98. The predicted molar refractivity (Wildman–Crippen MR) is 95.5 cm³/mol. The van der Waals surface area contributed by atoms with Gasteiger partial charge < -0.3 is 10.3 Å². The van der Waals surface area contributed by atoms with Gasteiger partial charge in [-0.3, -0.25) is 4.90 Å². The third-order valence-corrected chi connectivity index (χ3v) is 4.45. The highest BCUT2D eigenvalue weighted by Gasteiger charge is 2.25. The van der Waals surface area contributed by atoms with Crippen LogP contribution in [0.5, 0.6) is 0 Å². The number of aromatic nitrogens is 5. The third-order valence-electron chi connectivity index (χ3n) is 4.45. The minimum atomic E-state index is 0.421. The zero-order valence-electron chi connectivity index (χ0n) is 14.2. The maximum atomic E-state index is 4.69. The van der Waals surface area contributed by atoms with Gasteiger partial charge in [-0.05, 0) is 37.6 Å². The Labute approximate surface area is 146 Å². The Morgan fingerprint density at radius 3 is 2.96 bits per heavy atom. The summed E-state index contributed by atoms with van der Waals surface area (Å²) in [5.41, 5.74) is 2.20. The van der Waals surface area contributed by atoms with E-state index in [0.29, 0.717) is 11.9 Å². The maximum absolute atomic E-state index is 4.69. The lowest BCUT2D eigenvalue weighted by molar-refractivity contribution is 0.318. The van der Waals surface area contributed by atoms with E-state index in [2.05, 4.69) is 30.2 Å². The number of anilines is 2. The summed E-state index contributed by atoms with van der Waals surface area (Å²) in [6, 6.07) is 5.96. The van der Waals surface area contributed by atoms with Crippen LogP contribution in [0.1, 0.15) is 29.4 Å². The number of H-pyrrole nitrogens is 1. The van der Waals surface area contributed by atoms with Gasteiger partial charge in [-0.25, -0.2) is 19.9 Å². The van der Waals surface area contributed by atoms with Crippen molar-refractivity contribution < 1.29 is 0 Å².